The molecule has 0 radical (unpaired) electrons. The zero-order valence-corrected chi connectivity index (χ0v) is 12.1. The van der Waals surface area contributed by atoms with Crippen LogP contribution >= 0.6 is 12.6 Å². The highest BCUT2D eigenvalue weighted by molar-refractivity contribution is 7.80. The molecule has 1 aliphatic heterocycles. The van der Waals surface area contributed by atoms with Crippen molar-refractivity contribution in [1.29, 1.82) is 0 Å². The third kappa shape index (κ3) is 1.76. The third-order valence-corrected chi connectivity index (χ3v) is 3.87. The van der Waals surface area contributed by atoms with E-state index in [1.54, 1.807) is 6.92 Å². The molecule has 0 saturated carbocycles. The fraction of sp³-hybridized carbons (Fsp3) is 0.125. The van der Waals surface area contributed by atoms with Crippen molar-refractivity contribution >= 4 is 40.9 Å². The Kier molecular flexibility index (Phi) is 2.91. The lowest BCUT2D eigenvalue weighted by molar-refractivity contribution is -0.120. The quantitative estimate of drug-likeness (QED) is 0.644. The zero-order valence-electron chi connectivity index (χ0n) is 11.2. The number of carbonyl (C=O) groups is 2. The van der Waals surface area contributed by atoms with Crippen LogP contribution in [0.4, 0.5) is 5.69 Å². The van der Waals surface area contributed by atoms with Gasteiger partial charge in [-0.3, -0.25) is 9.59 Å². The van der Waals surface area contributed by atoms with Crippen LogP contribution < -0.4 is 4.90 Å². The number of benzene rings is 2. The normalized spacial score (nSPS) is 15.2. The van der Waals surface area contributed by atoms with Crippen LogP contribution in [-0.4, -0.2) is 11.8 Å². The van der Waals surface area contributed by atoms with Crippen molar-refractivity contribution < 1.29 is 9.59 Å². The predicted octanol–water partition coefficient (Wildman–Crippen LogP) is 3.26. The highest BCUT2D eigenvalue weighted by atomic mass is 32.1. The molecular formula is C16H13NO2S. The maximum absolute atomic E-state index is 12.2. The molecule has 0 aliphatic carbocycles. The summed E-state index contributed by atoms with van der Waals surface area (Å²) in [7, 11) is 0. The zero-order chi connectivity index (χ0) is 14.4. The SMILES string of the molecule is CC1=CC(=O)N(c2c(S)cc(C)c3ccccc23)C1=O. The smallest absolute Gasteiger partial charge is 0.261 e. The monoisotopic (exact) mass is 283 g/mol. The Hall–Kier alpha value is -2.07. The van der Waals surface area contributed by atoms with Crippen LogP contribution in [0.25, 0.3) is 10.8 Å². The van der Waals surface area contributed by atoms with E-state index < -0.39 is 0 Å². The molecule has 3 nitrogen and oxygen atoms in total. The van der Waals surface area contributed by atoms with Gasteiger partial charge in [0.1, 0.15) is 0 Å². The molecule has 0 unspecified atom stereocenters. The number of hydrogen-bond donors (Lipinski definition) is 1. The van der Waals surface area contributed by atoms with Gasteiger partial charge >= 0.3 is 0 Å². The van der Waals surface area contributed by atoms with Crippen molar-refractivity contribution in [1.82, 2.24) is 0 Å². The van der Waals surface area contributed by atoms with E-state index in [4.69, 9.17) is 0 Å². The summed E-state index contributed by atoms with van der Waals surface area (Å²) < 4.78 is 0. The topological polar surface area (TPSA) is 37.4 Å². The first-order valence-electron chi connectivity index (χ1n) is 6.28. The summed E-state index contributed by atoms with van der Waals surface area (Å²) in [5, 5.41) is 1.88. The van der Waals surface area contributed by atoms with E-state index in [0.29, 0.717) is 16.2 Å². The number of thiol groups is 1. The second-order valence-corrected chi connectivity index (χ2v) is 5.39. The Bertz CT molecular complexity index is 792. The van der Waals surface area contributed by atoms with Gasteiger partial charge in [0.25, 0.3) is 11.8 Å². The van der Waals surface area contributed by atoms with Crippen molar-refractivity contribution in [2.75, 3.05) is 4.90 Å². The van der Waals surface area contributed by atoms with Crippen LogP contribution in [0.2, 0.25) is 0 Å². The van der Waals surface area contributed by atoms with Crippen LogP contribution in [0.3, 0.4) is 0 Å². The van der Waals surface area contributed by atoms with Gasteiger partial charge in [-0.1, -0.05) is 24.3 Å². The average Bonchev–Trinajstić information content (AvgIpc) is 2.65. The van der Waals surface area contributed by atoms with E-state index in [2.05, 4.69) is 12.6 Å². The lowest BCUT2D eigenvalue weighted by Crippen LogP contribution is -2.31. The van der Waals surface area contributed by atoms with Crippen molar-refractivity contribution in [3.05, 3.63) is 47.5 Å². The Morgan fingerprint density at radius 2 is 1.70 bits per heavy atom. The minimum absolute atomic E-state index is 0.278. The molecule has 4 heteroatoms. The summed E-state index contributed by atoms with van der Waals surface area (Å²) >= 11 is 4.46. The van der Waals surface area contributed by atoms with Crippen LogP contribution in [0, 0.1) is 6.92 Å². The van der Waals surface area contributed by atoms with E-state index in [1.165, 1.54) is 11.0 Å². The van der Waals surface area contributed by atoms with Gasteiger partial charge < -0.3 is 0 Å². The number of anilines is 1. The van der Waals surface area contributed by atoms with Gasteiger partial charge in [-0.15, -0.1) is 12.6 Å². The summed E-state index contributed by atoms with van der Waals surface area (Å²) in [5.74, 6) is -0.587. The first kappa shape index (κ1) is 12.9. The van der Waals surface area contributed by atoms with Crippen molar-refractivity contribution in [2.45, 2.75) is 18.7 Å². The first-order chi connectivity index (χ1) is 9.50. The van der Waals surface area contributed by atoms with E-state index in [1.807, 2.05) is 37.3 Å². The molecule has 0 saturated heterocycles. The largest absolute Gasteiger partial charge is 0.269 e. The number of carbonyl (C=O) groups excluding carboxylic acids is 2. The van der Waals surface area contributed by atoms with E-state index in [9.17, 15) is 9.59 Å². The fourth-order valence-electron chi connectivity index (χ4n) is 2.56. The number of rotatable bonds is 1. The highest BCUT2D eigenvalue weighted by Crippen LogP contribution is 2.37. The number of aryl methyl sites for hydroxylation is 1. The molecule has 2 amide bonds. The molecule has 1 aliphatic rings. The van der Waals surface area contributed by atoms with Gasteiger partial charge in [-0.2, -0.15) is 0 Å². The minimum Gasteiger partial charge on any atom is -0.269 e. The number of fused-ring (bicyclic) bond motifs is 1. The molecule has 0 spiro atoms. The number of amides is 2. The lowest BCUT2D eigenvalue weighted by atomic mass is 10.0. The molecule has 2 aromatic rings. The maximum atomic E-state index is 12.2. The fourth-order valence-corrected chi connectivity index (χ4v) is 2.97. The Morgan fingerprint density at radius 3 is 2.30 bits per heavy atom. The van der Waals surface area contributed by atoms with Gasteiger partial charge in [-0.25, -0.2) is 4.90 Å². The molecule has 100 valence electrons. The summed E-state index contributed by atoms with van der Waals surface area (Å²) in [6.07, 6.45) is 1.37. The third-order valence-electron chi connectivity index (χ3n) is 3.53. The summed E-state index contributed by atoms with van der Waals surface area (Å²) in [6.45, 7) is 3.64. The number of hydrogen-bond acceptors (Lipinski definition) is 3. The lowest BCUT2D eigenvalue weighted by Gasteiger charge is -2.20. The van der Waals surface area contributed by atoms with Crippen LogP contribution in [0.1, 0.15) is 12.5 Å². The standard InChI is InChI=1S/C16H13NO2S/c1-9-7-13(20)15(12-6-4-3-5-11(9)12)17-14(18)8-10(2)16(17)19/h3-8,20H,1-2H3. The number of nitrogens with zero attached hydrogens (tertiary/aromatic N) is 1. The van der Waals surface area contributed by atoms with Gasteiger partial charge in [-0.05, 0) is 30.9 Å². The summed E-state index contributed by atoms with van der Waals surface area (Å²) in [6, 6.07) is 9.60. The van der Waals surface area contributed by atoms with Gasteiger partial charge in [0.05, 0.1) is 5.69 Å². The van der Waals surface area contributed by atoms with E-state index >= 15 is 0 Å². The number of imide groups is 1. The Labute approximate surface area is 122 Å². The second-order valence-electron chi connectivity index (χ2n) is 4.91. The Morgan fingerprint density at radius 1 is 1.05 bits per heavy atom. The molecule has 0 aromatic heterocycles. The van der Waals surface area contributed by atoms with Crippen molar-refractivity contribution in [3.8, 4) is 0 Å². The summed E-state index contributed by atoms with van der Waals surface area (Å²) in [5.41, 5.74) is 2.09. The molecule has 1 heterocycles. The average molecular weight is 283 g/mol. The molecule has 0 fully saturated rings. The molecule has 20 heavy (non-hydrogen) atoms. The van der Waals surface area contributed by atoms with E-state index in [0.717, 1.165) is 16.3 Å². The summed E-state index contributed by atoms with van der Waals surface area (Å²) in [4.78, 5) is 26.1. The van der Waals surface area contributed by atoms with Crippen LogP contribution in [0.15, 0.2) is 46.9 Å². The van der Waals surface area contributed by atoms with Gasteiger partial charge in [0, 0.05) is 21.9 Å². The van der Waals surface area contributed by atoms with Crippen molar-refractivity contribution in [2.24, 2.45) is 0 Å². The van der Waals surface area contributed by atoms with Crippen molar-refractivity contribution in [3.63, 3.8) is 0 Å². The first-order valence-corrected chi connectivity index (χ1v) is 6.73. The van der Waals surface area contributed by atoms with Gasteiger partial charge in [0.2, 0.25) is 0 Å². The predicted molar refractivity (Wildman–Crippen MR) is 82.2 cm³/mol. The maximum Gasteiger partial charge on any atom is 0.261 e. The molecule has 0 bridgehead atoms. The van der Waals surface area contributed by atoms with E-state index in [-0.39, 0.29) is 11.8 Å². The highest BCUT2D eigenvalue weighted by Gasteiger charge is 2.32. The minimum atomic E-state index is -0.309. The molecule has 2 aromatic carbocycles. The second kappa shape index (κ2) is 4.49. The molecular weight excluding hydrogens is 270 g/mol. The van der Waals surface area contributed by atoms with Gasteiger partial charge in [0.15, 0.2) is 0 Å². The molecule has 0 N–H and O–H groups in total. The van der Waals surface area contributed by atoms with Crippen LogP contribution in [-0.2, 0) is 9.59 Å². The molecule has 0 atom stereocenters. The van der Waals surface area contributed by atoms with Crippen LogP contribution in [0.5, 0.6) is 0 Å². The molecule has 3 rings (SSSR count). The Balaban J connectivity index is 2.33.